The Kier molecular flexibility index (Phi) is 6.50. The maximum atomic E-state index is 12.8. The van der Waals surface area contributed by atoms with Gasteiger partial charge in [-0.05, 0) is 18.1 Å². The molecule has 1 aromatic heterocycles. The Bertz CT molecular complexity index is 903. The van der Waals surface area contributed by atoms with Crippen LogP contribution in [0.2, 0.25) is 0 Å². The molecule has 3 N–H and O–H groups in total. The van der Waals surface area contributed by atoms with Gasteiger partial charge in [0.05, 0.1) is 19.7 Å². The first-order valence-electron chi connectivity index (χ1n) is 8.71. The van der Waals surface area contributed by atoms with E-state index in [0.29, 0.717) is 17.2 Å². The summed E-state index contributed by atoms with van der Waals surface area (Å²) >= 11 is 0. The summed E-state index contributed by atoms with van der Waals surface area (Å²) in [6.45, 7) is 3.02. The predicted octanol–water partition coefficient (Wildman–Crippen LogP) is 1.15. The summed E-state index contributed by atoms with van der Waals surface area (Å²) < 4.78 is 12.3. The highest BCUT2D eigenvalue weighted by Crippen LogP contribution is 2.33. The molecule has 9 nitrogen and oxygen atoms in total. The molecule has 0 aliphatic heterocycles. The fraction of sp³-hybridized carbons (Fsp3) is 0.421. The Morgan fingerprint density at radius 2 is 1.71 bits per heavy atom. The first-order valence-corrected chi connectivity index (χ1v) is 8.71. The van der Waals surface area contributed by atoms with Crippen molar-refractivity contribution in [3.8, 4) is 11.5 Å². The summed E-state index contributed by atoms with van der Waals surface area (Å²) in [4.78, 5) is 35.7. The van der Waals surface area contributed by atoms with E-state index in [-0.39, 0.29) is 5.92 Å². The molecule has 1 unspecified atom stereocenters. The third-order valence-corrected chi connectivity index (χ3v) is 4.43. The topological polar surface area (TPSA) is 119 Å². The molecule has 0 radical (unpaired) electrons. The summed E-state index contributed by atoms with van der Waals surface area (Å²) in [5.74, 6) is -1.29. The van der Waals surface area contributed by atoms with Crippen LogP contribution in [0.4, 0.5) is 0 Å². The van der Waals surface area contributed by atoms with Crippen LogP contribution in [0.1, 0.15) is 24.3 Å². The zero-order valence-electron chi connectivity index (χ0n) is 16.5. The second kappa shape index (κ2) is 8.64. The van der Waals surface area contributed by atoms with Gasteiger partial charge in [-0.15, -0.1) is 0 Å². The van der Waals surface area contributed by atoms with Crippen LogP contribution in [0.3, 0.4) is 0 Å². The van der Waals surface area contributed by atoms with Crippen molar-refractivity contribution in [3.05, 3.63) is 23.9 Å². The summed E-state index contributed by atoms with van der Waals surface area (Å²) in [7, 11) is 4.80. The Labute approximate surface area is 162 Å². The highest BCUT2D eigenvalue weighted by molar-refractivity contribution is 6.01. The van der Waals surface area contributed by atoms with Gasteiger partial charge in [-0.25, -0.2) is 0 Å². The van der Waals surface area contributed by atoms with Crippen molar-refractivity contribution >= 4 is 28.7 Å². The molecule has 0 spiro atoms. The fourth-order valence-electron chi connectivity index (χ4n) is 2.90. The van der Waals surface area contributed by atoms with Crippen LogP contribution >= 0.6 is 0 Å². The zero-order chi connectivity index (χ0) is 21.0. The number of rotatable bonds is 8. The highest BCUT2D eigenvalue weighted by Gasteiger charge is 2.26. The van der Waals surface area contributed by atoms with Gasteiger partial charge in [0, 0.05) is 18.5 Å². The summed E-state index contributed by atoms with van der Waals surface area (Å²) in [6, 6.07) is 4.36. The molecule has 2 amide bonds. The number of nitrogens with one attached hydrogen (secondary N) is 2. The first kappa shape index (κ1) is 21.1. The number of aryl methyl sites for hydroxylation is 1. The third-order valence-electron chi connectivity index (χ3n) is 4.43. The molecule has 0 bridgehead atoms. The van der Waals surface area contributed by atoms with E-state index in [1.165, 1.54) is 14.2 Å². The number of hydrogen-bond acceptors (Lipinski definition) is 5. The summed E-state index contributed by atoms with van der Waals surface area (Å²) in [5.41, 5.74) is 1.11. The molecule has 1 heterocycles. The number of carbonyl (C=O) groups excluding carboxylic acids is 2. The maximum Gasteiger partial charge on any atom is 0.322 e. The number of hydrogen-bond donors (Lipinski definition) is 3. The van der Waals surface area contributed by atoms with E-state index >= 15 is 0 Å². The van der Waals surface area contributed by atoms with Crippen LogP contribution in [0.25, 0.3) is 10.9 Å². The quantitative estimate of drug-likeness (QED) is 0.621. The number of ether oxygens (including phenoxy) is 2. The minimum atomic E-state index is -1.15. The molecule has 0 saturated heterocycles. The predicted molar refractivity (Wildman–Crippen MR) is 103 cm³/mol. The van der Waals surface area contributed by atoms with Gasteiger partial charge in [0.2, 0.25) is 5.91 Å². The van der Waals surface area contributed by atoms with Gasteiger partial charge in [-0.2, -0.15) is 0 Å². The molecule has 0 fully saturated rings. The van der Waals surface area contributed by atoms with Crippen molar-refractivity contribution in [2.45, 2.75) is 19.9 Å². The Morgan fingerprint density at radius 3 is 2.25 bits per heavy atom. The van der Waals surface area contributed by atoms with Crippen LogP contribution < -0.4 is 20.1 Å². The van der Waals surface area contributed by atoms with Crippen molar-refractivity contribution in [1.82, 2.24) is 15.2 Å². The second-order valence-electron chi connectivity index (χ2n) is 6.66. The first-order chi connectivity index (χ1) is 13.2. The normalized spacial score (nSPS) is 11.9. The lowest BCUT2D eigenvalue weighted by atomic mass is 10.0. The largest absolute Gasteiger partial charge is 0.493 e. The van der Waals surface area contributed by atoms with Gasteiger partial charge < -0.3 is 29.8 Å². The number of carboxylic acids is 1. The standard InChI is InChI=1S/C19H25N3O6/c1-10(2)17(19(26)20-9-16(23)24)21-18(25)13-6-11-7-14(27-4)15(28-5)8-12(11)22(13)3/h6-8,10,17H,9H2,1-5H3,(H,20,26)(H,21,25)(H,23,24). The molecule has 9 heteroatoms. The van der Waals surface area contributed by atoms with Gasteiger partial charge in [0.1, 0.15) is 18.3 Å². The van der Waals surface area contributed by atoms with E-state index in [0.717, 1.165) is 10.9 Å². The molecule has 1 atom stereocenters. The number of aliphatic carboxylic acids is 1. The van der Waals surface area contributed by atoms with Crippen LogP contribution in [0.5, 0.6) is 11.5 Å². The van der Waals surface area contributed by atoms with Gasteiger partial charge in [0.25, 0.3) is 5.91 Å². The van der Waals surface area contributed by atoms with E-state index in [4.69, 9.17) is 14.6 Å². The van der Waals surface area contributed by atoms with E-state index in [1.807, 2.05) is 0 Å². The third kappa shape index (κ3) is 4.36. The van der Waals surface area contributed by atoms with E-state index < -0.39 is 30.4 Å². The lowest BCUT2D eigenvalue weighted by Gasteiger charge is -2.21. The molecule has 2 rings (SSSR count). The second-order valence-corrected chi connectivity index (χ2v) is 6.66. The maximum absolute atomic E-state index is 12.8. The Balaban J connectivity index is 2.31. The molecule has 2 aromatic rings. The Hall–Kier alpha value is -3.23. The van der Waals surface area contributed by atoms with Crippen LogP contribution in [0, 0.1) is 5.92 Å². The van der Waals surface area contributed by atoms with E-state index in [9.17, 15) is 14.4 Å². The average molecular weight is 391 g/mol. The molecular weight excluding hydrogens is 366 g/mol. The monoisotopic (exact) mass is 391 g/mol. The number of methoxy groups -OCH3 is 2. The van der Waals surface area contributed by atoms with E-state index in [1.54, 1.807) is 43.7 Å². The van der Waals surface area contributed by atoms with Crippen LogP contribution in [0.15, 0.2) is 18.2 Å². The molecule has 28 heavy (non-hydrogen) atoms. The van der Waals surface area contributed by atoms with Gasteiger partial charge in [0.15, 0.2) is 11.5 Å². The Morgan fingerprint density at radius 1 is 1.11 bits per heavy atom. The van der Waals surface area contributed by atoms with Crippen LogP contribution in [-0.2, 0) is 16.6 Å². The summed E-state index contributed by atoms with van der Waals surface area (Å²) in [5, 5.41) is 14.5. The number of amides is 2. The summed E-state index contributed by atoms with van der Waals surface area (Å²) in [6.07, 6.45) is 0. The molecule has 152 valence electrons. The van der Waals surface area contributed by atoms with Crippen molar-refractivity contribution in [1.29, 1.82) is 0 Å². The van der Waals surface area contributed by atoms with Crippen molar-refractivity contribution in [3.63, 3.8) is 0 Å². The molecule has 0 aliphatic rings. The smallest absolute Gasteiger partial charge is 0.322 e. The van der Waals surface area contributed by atoms with Crippen LogP contribution in [-0.4, -0.2) is 54.3 Å². The van der Waals surface area contributed by atoms with Gasteiger partial charge >= 0.3 is 5.97 Å². The zero-order valence-corrected chi connectivity index (χ0v) is 16.5. The minimum Gasteiger partial charge on any atom is -0.493 e. The number of aromatic nitrogens is 1. The molecule has 1 aromatic carbocycles. The van der Waals surface area contributed by atoms with Crippen molar-refractivity contribution in [2.75, 3.05) is 20.8 Å². The lowest BCUT2D eigenvalue weighted by molar-refractivity contribution is -0.138. The molecule has 0 aliphatic carbocycles. The molecule has 0 saturated carbocycles. The lowest BCUT2D eigenvalue weighted by Crippen LogP contribution is -2.50. The number of carbonyl (C=O) groups is 3. The molecular formula is C19H25N3O6. The number of nitrogens with zero attached hydrogens (tertiary/aromatic N) is 1. The van der Waals surface area contributed by atoms with Crippen molar-refractivity contribution < 1.29 is 29.0 Å². The number of carboxylic acid groups (broad SMARTS) is 1. The average Bonchev–Trinajstić information content (AvgIpc) is 2.98. The van der Waals surface area contributed by atoms with Crippen molar-refractivity contribution in [2.24, 2.45) is 13.0 Å². The van der Waals surface area contributed by atoms with Gasteiger partial charge in [-0.3, -0.25) is 14.4 Å². The minimum absolute atomic E-state index is 0.229. The fourth-order valence-corrected chi connectivity index (χ4v) is 2.90. The number of fused-ring (bicyclic) bond motifs is 1. The number of benzene rings is 1. The van der Waals surface area contributed by atoms with Gasteiger partial charge in [-0.1, -0.05) is 13.8 Å². The SMILES string of the molecule is COc1cc2cc(C(=O)NC(C(=O)NCC(=O)O)C(C)C)n(C)c2cc1OC. The van der Waals surface area contributed by atoms with E-state index in [2.05, 4.69) is 10.6 Å². The highest BCUT2D eigenvalue weighted by atomic mass is 16.5.